The predicted octanol–water partition coefficient (Wildman–Crippen LogP) is 5.73. The number of benzene rings is 2. The van der Waals surface area contributed by atoms with Crippen LogP contribution in [0.4, 0.5) is 50.5 Å². The number of allylic oxidation sites excluding steroid dienone is 1. The normalized spacial score (nSPS) is 18.9. The Morgan fingerprint density at radius 3 is 1.82 bits per heavy atom. The summed E-state index contributed by atoms with van der Waals surface area (Å²) >= 11 is 0. The van der Waals surface area contributed by atoms with E-state index in [0.29, 0.717) is 67.5 Å². The summed E-state index contributed by atoms with van der Waals surface area (Å²) in [4.78, 5) is 62.5. The van der Waals surface area contributed by atoms with E-state index < -0.39 is 108 Å². The van der Waals surface area contributed by atoms with E-state index in [1.165, 1.54) is 19.3 Å². The number of rotatable bonds is 21. The molecule has 6 atom stereocenters. The maximum absolute atomic E-state index is 15.9. The molecular formula is C51H64F8N10O8. The van der Waals surface area contributed by atoms with Crippen LogP contribution in [-0.4, -0.2) is 159 Å². The first-order valence-corrected chi connectivity index (χ1v) is 24.5. The molecule has 0 aliphatic carbocycles. The molecule has 3 saturated heterocycles. The number of hydrogen-bond acceptors (Lipinski definition) is 14. The molecule has 2 bridgehead atoms. The van der Waals surface area contributed by atoms with E-state index in [-0.39, 0.29) is 11.3 Å². The minimum atomic E-state index is -5.19. The number of alkyl halides is 6. The van der Waals surface area contributed by atoms with E-state index in [9.17, 15) is 50.6 Å². The Hall–Kier alpha value is -6.64. The Labute approximate surface area is 439 Å². The SMILES string of the molecule is CN/C=C\C(=N)c1cc(F)c(CN(C[C@H](O)[C@H](Cc2ccc(-c3ccc(N4CC5CCC(C4)N5C4COC4)nc3)cc2)NC(=O)C(NC(=O)OC)C(C)(C)C(F)(F)F)NC(=O)[C@@H](NC(=O)OC)C(C)(C)C(F)(F)F)c(F)c1. The van der Waals surface area contributed by atoms with Gasteiger partial charge in [0.05, 0.1) is 62.2 Å². The number of carbonyl (C=O) groups is 4. The number of ether oxygens (including phenoxy) is 3. The third kappa shape index (κ3) is 13.9. The Kier molecular flexibility index (Phi) is 18.9. The van der Waals surface area contributed by atoms with Gasteiger partial charge in [0.15, 0.2) is 0 Å². The van der Waals surface area contributed by atoms with Gasteiger partial charge in [-0.15, -0.1) is 0 Å². The number of hydrogen-bond donors (Lipinski definition) is 7. The number of hydrazine groups is 1. The summed E-state index contributed by atoms with van der Waals surface area (Å²) in [6, 6.07) is 6.43. The summed E-state index contributed by atoms with van der Waals surface area (Å²) in [6.07, 6.45) is -9.37. The number of fused-ring (bicyclic) bond motifs is 2. The third-order valence-electron chi connectivity index (χ3n) is 14.4. The maximum atomic E-state index is 15.9. The van der Waals surface area contributed by atoms with Crippen LogP contribution in [0.15, 0.2) is 67.0 Å². The predicted molar refractivity (Wildman–Crippen MR) is 265 cm³/mol. The number of alkyl carbamates (subject to hydrolysis) is 2. The molecule has 2 aromatic carbocycles. The molecule has 0 radical (unpaired) electrons. The van der Waals surface area contributed by atoms with Gasteiger partial charge >= 0.3 is 24.5 Å². The average molecular weight is 1100 g/mol. The lowest BCUT2D eigenvalue weighted by Gasteiger charge is -2.48. The monoisotopic (exact) mass is 1100 g/mol. The van der Waals surface area contributed by atoms with Crippen LogP contribution >= 0.6 is 0 Å². The van der Waals surface area contributed by atoms with Gasteiger partial charge in [0.25, 0.3) is 5.91 Å². The van der Waals surface area contributed by atoms with Crippen LogP contribution in [0.3, 0.4) is 0 Å². The highest BCUT2D eigenvalue weighted by molar-refractivity contribution is 6.06. The molecule has 0 spiro atoms. The van der Waals surface area contributed by atoms with Gasteiger partial charge in [-0.25, -0.2) is 28.4 Å². The lowest BCUT2D eigenvalue weighted by atomic mass is 9.82. The molecular weight excluding hydrogens is 1030 g/mol. The summed E-state index contributed by atoms with van der Waals surface area (Å²) < 4.78 is 134. The summed E-state index contributed by atoms with van der Waals surface area (Å²) in [6.45, 7) is 3.40. The maximum Gasteiger partial charge on any atom is 0.407 e. The van der Waals surface area contributed by atoms with Crippen LogP contribution in [0, 0.1) is 27.9 Å². The quantitative estimate of drug-likeness (QED) is 0.0386. The molecule has 3 unspecified atom stereocenters. The van der Waals surface area contributed by atoms with Crippen LogP contribution < -0.4 is 31.6 Å². The zero-order chi connectivity index (χ0) is 56.8. The molecule has 26 heteroatoms. The fourth-order valence-corrected chi connectivity index (χ4v) is 9.41. The molecule has 4 heterocycles. The van der Waals surface area contributed by atoms with Gasteiger partial charge in [-0.2, -0.15) is 26.3 Å². The van der Waals surface area contributed by atoms with Gasteiger partial charge in [0.1, 0.15) is 29.5 Å². The topological polar surface area (TPSA) is 223 Å². The number of aliphatic hydroxyl groups is 1. The fraction of sp³-hybridized carbons (Fsp3) is 0.529. The molecule has 3 aromatic rings. The van der Waals surface area contributed by atoms with Crippen LogP contribution in [0.25, 0.3) is 11.1 Å². The number of halogens is 8. The number of piperazine rings is 1. The van der Waals surface area contributed by atoms with E-state index in [1.54, 1.807) is 30.5 Å². The second kappa shape index (κ2) is 24.4. The van der Waals surface area contributed by atoms with E-state index >= 15 is 8.78 Å². The van der Waals surface area contributed by atoms with Crippen molar-refractivity contribution >= 4 is 35.5 Å². The molecule has 3 aliphatic rings. The molecule has 3 aliphatic heterocycles. The number of methoxy groups -OCH3 is 2. The average Bonchev–Trinajstić information content (AvgIpc) is 3.59. The minimum Gasteiger partial charge on any atom is -0.453 e. The number of aliphatic hydroxyl groups excluding tert-OH is 1. The van der Waals surface area contributed by atoms with Crippen LogP contribution in [0.1, 0.15) is 57.2 Å². The summed E-state index contributed by atoms with van der Waals surface area (Å²) in [5, 5.41) is 29.5. The van der Waals surface area contributed by atoms with Crippen molar-refractivity contribution in [3.8, 4) is 11.1 Å². The first kappa shape index (κ1) is 59.6. The first-order valence-electron chi connectivity index (χ1n) is 24.5. The molecule has 7 N–H and O–H groups in total. The summed E-state index contributed by atoms with van der Waals surface area (Å²) in [5.41, 5.74) is -3.71. The number of pyridine rings is 1. The largest absolute Gasteiger partial charge is 0.453 e. The van der Waals surface area contributed by atoms with Crippen molar-refractivity contribution in [2.45, 2.75) is 108 Å². The Bertz CT molecular complexity index is 2580. The molecule has 422 valence electrons. The van der Waals surface area contributed by atoms with Crippen LogP contribution in [0.2, 0.25) is 0 Å². The van der Waals surface area contributed by atoms with Gasteiger partial charge in [0.2, 0.25) is 5.91 Å². The summed E-state index contributed by atoms with van der Waals surface area (Å²) in [5.74, 6) is -4.96. The Morgan fingerprint density at radius 1 is 0.818 bits per heavy atom. The third-order valence-corrected chi connectivity index (χ3v) is 14.4. The van der Waals surface area contributed by atoms with Crippen molar-refractivity contribution in [1.82, 2.24) is 41.6 Å². The van der Waals surface area contributed by atoms with E-state index in [1.807, 2.05) is 22.8 Å². The zero-order valence-corrected chi connectivity index (χ0v) is 43.4. The van der Waals surface area contributed by atoms with E-state index in [4.69, 9.17) is 15.1 Å². The zero-order valence-electron chi connectivity index (χ0n) is 43.4. The van der Waals surface area contributed by atoms with Gasteiger partial charge < -0.3 is 50.9 Å². The fourth-order valence-electron chi connectivity index (χ4n) is 9.41. The standard InChI is InChI=1S/C51H64F8N10O8/c1-48(2,50(54,55)56)42(64-46(73)75-6)44(71)63-39(18-28-8-10-29(11-9-28)30-12-15-41(62-21-30)67-22-32-13-14-33(23-67)69(32)34-26-77-27-34)40(70)25-68(24-35-36(52)19-31(20-37(35)53)38(60)16-17-61-5)66-45(72)43(65-47(74)76-7)49(3,4)51(57,58)59/h8-12,15-17,19-21,32-34,39-40,42-43,60-61,70H,13-14,18,22-27H2,1-7H3,(H,63,71)(H,64,73)(H,65,74)(H,66,72)/b17-16-,60-38?/t32?,33?,39-,40-,42?,43+/m0/s1. The smallest absolute Gasteiger partial charge is 0.407 e. The minimum absolute atomic E-state index is 0.254. The molecule has 3 fully saturated rings. The highest BCUT2D eigenvalue weighted by atomic mass is 19.4. The second-order valence-corrected chi connectivity index (χ2v) is 20.3. The Balaban J connectivity index is 1.33. The lowest BCUT2D eigenvalue weighted by Crippen LogP contribution is -2.63. The number of amides is 4. The second-order valence-electron chi connectivity index (χ2n) is 20.3. The van der Waals surface area contributed by atoms with E-state index in [0.717, 1.165) is 71.3 Å². The highest BCUT2D eigenvalue weighted by Gasteiger charge is 2.57. The molecule has 4 amide bonds. The molecule has 77 heavy (non-hydrogen) atoms. The first-order chi connectivity index (χ1) is 36.1. The van der Waals surface area contributed by atoms with Crippen LogP contribution in [-0.2, 0) is 36.8 Å². The number of nitrogens with one attached hydrogen (secondary N) is 6. The van der Waals surface area contributed by atoms with Crippen molar-refractivity contribution in [2.75, 3.05) is 59.0 Å². The molecule has 6 rings (SSSR count). The Morgan fingerprint density at radius 2 is 1.35 bits per heavy atom. The van der Waals surface area contributed by atoms with Crippen molar-refractivity contribution in [3.63, 3.8) is 0 Å². The van der Waals surface area contributed by atoms with Crippen molar-refractivity contribution in [1.29, 1.82) is 5.41 Å². The number of nitrogens with zero attached hydrogens (tertiary/aromatic N) is 4. The van der Waals surface area contributed by atoms with E-state index in [2.05, 4.69) is 35.3 Å². The van der Waals surface area contributed by atoms with Gasteiger partial charge in [-0.1, -0.05) is 24.3 Å². The molecule has 1 aromatic heterocycles. The van der Waals surface area contributed by atoms with Crippen molar-refractivity contribution in [3.05, 3.63) is 95.3 Å². The lowest BCUT2D eigenvalue weighted by molar-refractivity contribution is -0.221. The van der Waals surface area contributed by atoms with Crippen LogP contribution in [0.5, 0.6) is 0 Å². The van der Waals surface area contributed by atoms with Gasteiger partial charge in [-0.3, -0.25) is 19.9 Å². The van der Waals surface area contributed by atoms with Crippen molar-refractivity contribution < 1.29 is 73.6 Å². The number of aromatic nitrogens is 1. The number of anilines is 1. The highest BCUT2D eigenvalue weighted by Crippen LogP contribution is 2.42. The van der Waals surface area contributed by atoms with Gasteiger partial charge in [-0.05, 0) is 94.6 Å². The molecule has 18 nitrogen and oxygen atoms in total. The summed E-state index contributed by atoms with van der Waals surface area (Å²) in [7, 11) is 3.17. The number of carbonyl (C=O) groups excluding carboxylic acids is 4. The molecule has 0 saturated carbocycles. The van der Waals surface area contributed by atoms with Crippen molar-refractivity contribution in [2.24, 2.45) is 10.8 Å². The van der Waals surface area contributed by atoms with Gasteiger partial charge in [0, 0.05) is 68.2 Å².